The van der Waals surface area contributed by atoms with Gasteiger partial charge in [-0.15, -0.1) is 0 Å². The minimum Gasteiger partial charge on any atom is -0.493 e. The molecule has 0 saturated carbocycles. The van der Waals surface area contributed by atoms with Gasteiger partial charge in [0.1, 0.15) is 22.8 Å². The predicted molar refractivity (Wildman–Crippen MR) is 125 cm³/mol. The topological polar surface area (TPSA) is 67.9 Å². The maximum atomic E-state index is 13.3. The van der Waals surface area contributed by atoms with E-state index >= 15 is 0 Å². The lowest BCUT2D eigenvalue weighted by atomic mass is 10.0. The summed E-state index contributed by atoms with van der Waals surface area (Å²) in [7, 11) is 0. The summed E-state index contributed by atoms with van der Waals surface area (Å²) in [5, 5.41) is 2.66. The quantitative estimate of drug-likeness (QED) is 0.372. The maximum absolute atomic E-state index is 13.3. The van der Waals surface area contributed by atoms with Crippen LogP contribution in [0.3, 0.4) is 0 Å². The van der Waals surface area contributed by atoms with Crippen LogP contribution < -0.4 is 19.7 Å². The molecule has 0 atom stereocenters. The third-order valence-corrected chi connectivity index (χ3v) is 5.54. The van der Waals surface area contributed by atoms with Crippen molar-refractivity contribution in [2.24, 2.45) is 0 Å². The average molecular weight is 442 g/mol. The van der Waals surface area contributed by atoms with E-state index in [-0.39, 0.29) is 10.7 Å². The van der Waals surface area contributed by atoms with Gasteiger partial charge in [-0.25, -0.2) is 0 Å². The molecule has 1 N–H and O–H groups in total. The molecule has 3 aromatic rings. The van der Waals surface area contributed by atoms with Gasteiger partial charge in [0.25, 0.3) is 11.8 Å². The van der Waals surface area contributed by atoms with Gasteiger partial charge in [0.2, 0.25) is 0 Å². The summed E-state index contributed by atoms with van der Waals surface area (Å²) in [5.74, 6) is 1.12. The molecule has 32 heavy (non-hydrogen) atoms. The first-order chi connectivity index (χ1) is 15.6. The summed E-state index contributed by atoms with van der Waals surface area (Å²) >= 11 is 5.29. The molecule has 1 fully saturated rings. The number of hydrogen-bond donors (Lipinski definition) is 1. The Morgan fingerprint density at radius 1 is 0.938 bits per heavy atom. The fourth-order valence-electron chi connectivity index (χ4n) is 3.72. The zero-order valence-corrected chi connectivity index (χ0v) is 17.7. The van der Waals surface area contributed by atoms with E-state index in [1.54, 1.807) is 30.3 Å². The van der Waals surface area contributed by atoms with Crippen LogP contribution in [0.1, 0.15) is 11.1 Å². The third kappa shape index (κ3) is 3.74. The Labute approximate surface area is 190 Å². The number of carbonyl (C=O) groups is 2. The number of benzene rings is 3. The van der Waals surface area contributed by atoms with Gasteiger partial charge in [-0.05, 0) is 66.3 Å². The molecular formula is C25H18N2O4S. The van der Waals surface area contributed by atoms with Crippen LogP contribution in [0.4, 0.5) is 5.69 Å². The second kappa shape index (κ2) is 8.28. The van der Waals surface area contributed by atoms with E-state index in [1.165, 1.54) is 4.90 Å². The second-order valence-corrected chi connectivity index (χ2v) is 7.68. The Morgan fingerprint density at radius 3 is 2.47 bits per heavy atom. The van der Waals surface area contributed by atoms with Gasteiger partial charge in [-0.1, -0.05) is 30.3 Å². The van der Waals surface area contributed by atoms with E-state index in [1.807, 2.05) is 48.5 Å². The monoisotopic (exact) mass is 442 g/mol. The summed E-state index contributed by atoms with van der Waals surface area (Å²) in [4.78, 5) is 27.2. The van der Waals surface area contributed by atoms with Gasteiger partial charge < -0.3 is 9.47 Å². The minimum absolute atomic E-state index is 0.0171. The largest absolute Gasteiger partial charge is 0.493 e. The first-order valence-corrected chi connectivity index (χ1v) is 10.5. The number of rotatable bonds is 4. The summed E-state index contributed by atoms with van der Waals surface area (Å²) in [6, 6.07) is 21.9. The average Bonchev–Trinajstić information content (AvgIpc) is 3.28. The molecule has 0 unspecified atom stereocenters. The van der Waals surface area contributed by atoms with E-state index in [4.69, 9.17) is 21.7 Å². The number of nitrogens with zero attached hydrogens (tertiary/aromatic N) is 1. The highest BCUT2D eigenvalue weighted by Gasteiger charge is 2.34. The smallest absolute Gasteiger partial charge is 0.270 e. The third-order valence-electron chi connectivity index (χ3n) is 5.25. The maximum Gasteiger partial charge on any atom is 0.270 e. The molecule has 0 bridgehead atoms. The van der Waals surface area contributed by atoms with Gasteiger partial charge in [0.05, 0.1) is 12.3 Å². The van der Waals surface area contributed by atoms with E-state index < -0.39 is 11.8 Å². The van der Waals surface area contributed by atoms with E-state index in [0.29, 0.717) is 23.8 Å². The van der Waals surface area contributed by atoms with Gasteiger partial charge in [-0.2, -0.15) is 0 Å². The van der Waals surface area contributed by atoms with Gasteiger partial charge in [-0.3, -0.25) is 19.8 Å². The van der Waals surface area contributed by atoms with Gasteiger partial charge >= 0.3 is 0 Å². The Hall–Kier alpha value is -3.97. The van der Waals surface area contributed by atoms with Crippen molar-refractivity contribution in [2.75, 3.05) is 11.5 Å². The highest BCUT2D eigenvalue weighted by molar-refractivity contribution is 7.80. The fraction of sp³-hybridized carbons (Fsp3) is 0.0800. The molecule has 0 radical (unpaired) electrons. The number of nitrogens with one attached hydrogen (secondary N) is 1. The molecule has 3 aromatic carbocycles. The van der Waals surface area contributed by atoms with Crippen molar-refractivity contribution in [3.63, 3.8) is 0 Å². The van der Waals surface area contributed by atoms with Crippen molar-refractivity contribution in [1.29, 1.82) is 0 Å². The predicted octanol–water partition coefficient (Wildman–Crippen LogP) is 4.25. The molecule has 158 valence electrons. The normalized spacial score (nSPS) is 16.6. The lowest BCUT2D eigenvalue weighted by Gasteiger charge is -2.29. The lowest BCUT2D eigenvalue weighted by Crippen LogP contribution is -2.54. The Kier molecular flexibility index (Phi) is 5.17. The highest BCUT2D eigenvalue weighted by atomic mass is 32.1. The molecule has 2 heterocycles. The molecule has 0 spiro atoms. The molecule has 2 aliphatic rings. The Bertz CT molecular complexity index is 1250. The van der Waals surface area contributed by atoms with Gasteiger partial charge in [0.15, 0.2) is 5.11 Å². The molecule has 5 rings (SSSR count). The number of ether oxygens (including phenoxy) is 2. The van der Waals surface area contributed by atoms with Crippen LogP contribution in [0, 0.1) is 0 Å². The van der Waals surface area contributed by atoms with Crippen LogP contribution >= 0.6 is 12.2 Å². The van der Waals surface area contributed by atoms with Crippen LogP contribution in [0.15, 0.2) is 78.4 Å². The standard InChI is InChI=1S/C25H18N2O4S/c28-23-21(15-16-5-4-8-22-20(16)13-14-30-22)24(29)27(25(32)26-23)17-9-11-19(12-10-17)31-18-6-2-1-3-7-18/h1-12,15H,13-14H2,(H,26,28,32)/b21-15-. The number of thiocarbonyl (C=S) groups is 1. The van der Waals surface area contributed by atoms with Crippen LogP contribution in [-0.4, -0.2) is 23.5 Å². The summed E-state index contributed by atoms with van der Waals surface area (Å²) in [6.07, 6.45) is 2.34. The number of carbonyl (C=O) groups excluding carboxylic acids is 2. The van der Waals surface area contributed by atoms with Gasteiger partial charge in [0, 0.05) is 12.0 Å². The lowest BCUT2D eigenvalue weighted by molar-refractivity contribution is -0.122. The summed E-state index contributed by atoms with van der Waals surface area (Å²) in [6.45, 7) is 0.587. The van der Waals surface area contributed by atoms with E-state index in [2.05, 4.69) is 5.32 Å². The zero-order valence-electron chi connectivity index (χ0n) is 16.9. The molecule has 2 aliphatic heterocycles. The number of hydrogen-bond acceptors (Lipinski definition) is 5. The van der Waals surface area contributed by atoms with Crippen LogP contribution in [0.5, 0.6) is 17.2 Å². The van der Waals surface area contributed by atoms with Crippen LogP contribution in [0.2, 0.25) is 0 Å². The van der Waals surface area contributed by atoms with Crippen LogP contribution in [-0.2, 0) is 16.0 Å². The number of para-hydroxylation sites is 1. The number of fused-ring (bicyclic) bond motifs is 1. The number of anilines is 1. The molecule has 1 saturated heterocycles. The minimum atomic E-state index is -0.517. The Morgan fingerprint density at radius 2 is 1.69 bits per heavy atom. The van der Waals surface area contributed by atoms with E-state index in [0.717, 1.165) is 23.3 Å². The second-order valence-electron chi connectivity index (χ2n) is 7.29. The fourth-order valence-corrected chi connectivity index (χ4v) is 4.00. The molecule has 0 aliphatic carbocycles. The molecule has 2 amide bonds. The Balaban J connectivity index is 1.43. The number of amides is 2. The van der Waals surface area contributed by atoms with Crippen molar-refractivity contribution < 1.29 is 19.1 Å². The van der Waals surface area contributed by atoms with Crippen molar-refractivity contribution in [3.05, 3.63) is 89.5 Å². The highest BCUT2D eigenvalue weighted by Crippen LogP contribution is 2.31. The van der Waals surface area contributed by atoms with Crippen molar-refractivity contribution in [2.45, 2.75) is 6.42 Å². The summed E-state index contributed by atoms with van der Waals surface area (Å²) in [5.41, 5.74) is 2.33. The summed E-state index contributed by atoms with van der Waals surface area (Å²) < 4.78 is 11.4. The first kappa shape index (κ1) is 20.0. The van der Waals surface area contributed by atoms with Crippen molar-refractivity contribution in [3.8, 4) is 17.2 Å². The van der Waals surface area contributed by atoms with Crippen molar-refractivity contribution >= 4 is 40.9 Å². The molecule has 6 nitrogen and oxygen atoms in total. The zero-order chi connectivity index (χ0) is 22.1. The molecule has 0 aromatic heterocycles. The molecular weight excluding hydrogens is 424 g/mol. The first-order valence-electron chi connectivity index (χ1n) is 10.1. The molecule has 7 heteroatoms. The van der Waals surface area contributed by atoms with Crippen molar-refractivity contribution in [1.82, 2.24) is 5.32 Å². The van der Waals surface area contributed by atoms with E-state index in [9.17, 15) is 9.59 Å². The van der Waals surface area contributed by atoms with Crippen LogP contribution in [0.25, 0.3) is 6.08 Å². The SMILES string of the molecule is O=C1NC(=S)N(c2ccc(Oc3ccccc3)cc2)C(=O)/C1=C\c1cccc2c1CCO2.